The van der Waals surface area contributed by atoms with Crippen molar-refractivity contribution in [3.05, 3.63) is 46.4 Å². The van der Waals surface area contributed by atoms with E-state index in [0.29, 0.717) is 5.69 Å². The van der Waals surface area contributed by atoms with Crippen LogP contribution in [0.2, 0.25) is 0 Å². The second-order valence-electron chi connectivity index (χ2n) is 5.14. The Morgan fingerprint density at radius 1 is 1.32 bits per heavy atom. The van der Waals surface area contributed by atoms with E-state index in [1.54, 1.807) is 18.1 Å². The summed E-state index contributed by atoms with van der Waals surface area (Å²) in [5, 5.41) is 5.45. The van der Waals surface area contributed by atoms with Crippen LogP contribution >= 0.6 is 11.3 Å². The fraction of sp³-hybridized carbons (Fsp3) is 0.312. The Balaban J connectivity index is 1.90. The number of hydrogen-bond donors (Lipinski definition) is 1. The maximum Gasteiger partial charge on any atom is 0.233 e. The van der Waals surface area contributed by atoms with Crippen LogP contribution in [-0.2, 0) is 9.59 Å². The van der Waals surface area contributed by atoms with Gasteiger partial charge in [-0.2, -0.15) is 0 Å². The Bertz CT molecular complexity index is 638. The van der Waals surface area contributed by atoms with Crippen LogP contribution in [0.3, 0.4) is 0 Å². The fourth-order valence-corrected chi connectivity index (χ4v) is 2.66. The number of carbonyl (C=O) groups is 2. The molecule has 5 nitrogen and oxygen atoms in total. The number of aromatic nitrogens is 1. The summed E-state index contributed by atoms with van der Waals surface area (Å²) >= 11 is 1.49. The Labute approximate surface area is 134 Å². The van der Waals surface area contributed by atoms with Crippen LogP contribution < -0.4 is 5.32 Å². The van der Waals surface area contributed by atoms with Gasteiger partial charge in [-0.3, -0.25) is 9.59 Å². The summed E-state index contributed by atoms with van der Waals surface area (Å²) in [5.41, 5.74) is 1.81. The molecule has 0 unspecified atom stereocenters. The van der Waals surface area contributed by atoms with Crippen molar-refractivity contribution in [2.45, 2.75) is 26.3 Å². The van der Waals surface area contributed by atoms with Gasteiger partial charge in [0.05, 0.1) is 6.04 Å². The van der Waals surface area contributed by atoms with Crippen LogP contribution in [0.1, 0.15) is 30.0 Å². The molecule has 1 heterocycles. The van der Waals surface area contributed by atoms with Crippen molar-refractivity contribution in [3.63, 3.8) is 0 Å². The number of hydrogen-bond acceptors (Lipinski definition) is 4. The predicted octanol–water partition coefficient (Wildman–Crippen LogP) is 3.00. The number of carbonyl (C=O) groups excluding carboxylic acids is 2. The Kier molecular flexibility index (Phi) is 5.27. The van der Waals surface area contributed by atoms with Crippen molar-refractivity contribution in [1.29, 1.82) is 0 Å². The molecule has 0 radical (unpaired) electrons. The largest absolute Gasteiger partial charge is 0.336 e. The number of nitrogens with zero attached hydrogens (tertiary/aromatic N) is 2. The summed E-state index contributed by atoms with van der Waals surface area (Å²) in [6.45, 7) is 3.87. The van der Waals surface area contributed by atoms with Crippen LogP contribution in [-0.4, -0.2) is 28.7 Å². The first-order valence-electron chi connectivity index (χ1n) is 6.99. The summed E-state index contributed by atoms with van der Waals surface area (Å²) in [5.74, 6) is -0.542. The average Bonchev–Trinajstić information content (AvgIpc) is 3.02. The van der Waals surface area contributed by atoms with E-state index in [9.17, 15) is 9.59 Å². The van der Waals surface area contributed by atoms with Crippen LogP contribution in [0.25, 0.3) is 0 Å². The normalized spacial score (nSPS) is 11.8. The van der Waals surface area contributed by atoms with Gasteiger partial charge in [-0.1, -0.05) is 17.7 Å². The van der Waals surface area contributed by atoms with Crippen LogP contribution in [0.15, 0.2) is 35.8 Å². The lowest BCUT2D eigenvalue weighted by molar-refractivity contribution is -0.135. The molecule has 6 heteroatoms. The number of thiazole rings is 1. The standard InChI is InChI=1S/C16H19N3O2S/c1-11-4-6-13(7-5-11)18-14(20)10-15(21)19(3)12(2)16-17-8-9-22-16/h4-9,12H,10H2,1-3H3,(H,18,20)/t12-/m1/s1. The van der Waals surface area contributed by atoms with Crippen LogP contribution in [0, 0.1) is 6.92 Å². The molecule has 0 saturated carbocycles. The molecule has 0 aliphatic rings. The minimum atomic E-state index is -0.313. The lowest BCUT2D eigenvalue weighted by Gasteiger charge is -2.23. The first kappa shape index (κ1) is 16.2. The van der Waals surface area contributed by atoms with Gasteiger partial charge in [0.1, 0.15) is 11.4 Å². The van der Waals surface area contributed by atoms with E-state index in [1.807, 2.05) is 43.5 Å². The number of anilines is 1. The molecule has 0 spiro atoms. The molecular formula is C16H19N3O2S. The molecule has 1 aromatic carbocycles. The molecule has 116 valence electrons. The fourth-order valence-electron chi connectivity index (χ4n) is 1.93. The molecule has 1 N–H and O–H groups in total. The van der Waals surface area contributed by atoms with Gasteiger partial charge < -0.3 is 10.2 Å². The van der Waals surface area contributed by atoms with Crippen LogP contribution in [0.4, 0.5) is 5.69 Å². The third-order valence-corrected chi connectivity index (χ3v) is 4.38. The number of nitrogens with one attached hydrogen (secondary N) is 1. The van der Waals surface area contributed by atoms with Crippen molar-refractivity contribution >= 4 is 28.8 Å². The van der Waals surface area contributed by atoms with Gasteiger partial charge >= 0.3 is 0 Å². The molecule has 2 rings (SSSR count). The first-order valence-corrected chi connectivity index (χ1v) is 7.87. The lowest BCUT2D eigenvalue weighted by Crippen LogP contribution is -2.32. The predicted molar refractivity (Wildman–Crippen MR) is 87.7 cm³/mol. The molecule has 0 aliphatic carbocycles. The van der Waals surface area contributed by atoms with Crippen molar-refractivity contribution in [2.24, 2.45) is 0 Å². The van der Waals surface area contributed by atoms with Crippen molar-refractivity contribution in [2.75, 3.05) is 12.4 Å². The van der Waals surface area contributed by atoms with Gasteiger partial charge in [0.2, 0.25) is 11.8 Å². The molecule has 0 fully saturated rings. The monoisotopic (exact) mass is 317 g/mol. The second kappa shape index (κ2) is 7.17. The Morgan fingerprint density at radius 3 is 2.59 bits per heavy atom. The maximum atomic E-state index is 12.2. The minimum absolute atomic E-state index is 0.139. The van der Waals surface area contributed by atoms with Crippen molar-refractivity contribution in [3.8, 4) is 0 Å². The Hall–Kier alpha value is -2.21. The minimum Gasteiger partial charge on any atom is -0.336 e. The lowest BCUT2D eigenvalue weighted by atomic mass is 10.2. The molecule has 0 saturated heterocycles. The van der Waals surface area contributed by atoms with Gasteiger partial charge in [0.25, 0.3) is 0 Å². The SMILES string of the molecule is Cc1ccc(NC(=O)CC(=O)N(C)[C@H](C)c2nccs2)cc1. The van der Waals surface area contributed by atoms with E-state index < -0.39 is 0 Å². The highest BCUT2D eigenvalue weighted by atomic mass is 32.1. The highest BCUT2D eigenvalue weighted by Gasteiger charge is 2.21. The number of aryl methyl sites for hydroxylation is 1. The zero-order chi connectivity index (χ0) is 16.1. The summed E-state index contributed by atoms with van der Waals surface area (Å²) < 4.78 is 0. The average molecular weight is 317 g/mol. The number of benzene rings is 1. The molecule has 22 heavy (non-hydrogen) atoms. The quantitative estimate of drug-likeness (QED) is 0.862. The Morgan fingerprint density at radius 2 is 2.00 bits per heavy atom. The van der Waals surface area contributed by atoms with Crippen LogP contribution in [0.5, 0.6) is 0 Å². The molecule has 2 aromatic rings. The molecule has 0 bridgehead atoms. The van der Waals surface area contributed by atoms with Crippen molar-refractivity contribution in [1.82, 2.24) is 9.88 Å². The molecule has 0 aliphatic heterocycles. The van der Waals surface area contributed by atoms with E-state index in [0.717, 1.165) is 10.6 Å². The van der Waals surface area contributed by atoms with Gasteiger partial charge in [0.15, 0.2) is 0 Å². The third kappa shape index (κ3) is 4.14. The molecular weight excluding hydrogens is 298 g/mol. The van der Waals surface area contributed by atoms with E-state index in [4.69, 9.17) is 0 Å². The zero-order valence-corrected chi connectivity index (χ0v) is 13.7. The number of amides is 2. The smallest absolute Gasteiger partial charge is 0.233 e. The summed E-state index contributed by atoms with van der Waals surface area (Å²) in [7, 11) is 1.69. The molecule has 1 atom stereocenters. The van der Waals surface area contributed by atoms with Gasteiger partial charge in [-0.05, 0) is 26.0 Å². The van der Waals surface area contributed by atoms with E-state index in [1.165, 1.54) is 11.3 Å². The van der Waals surface area contributed by atoms with Crippen molar-refractivity contribution < 1.29 is 9.59 Å². The van der Waals surface area contributed by atoms with Gasteiger partial charge in [0, 0.05) is 24.3 Å². The zero-order valence-electron chi connectivity index (χ0n) is 12.9. The summed E-state index contributed by atoms with van der Waals surface area (Å²) in [6, 6.07) is 7.32. The first-order chi connectivity index (χ1) is 10.5. The number of rotatable bonds is 5. The highest BCUT2D eigenvalue weighted by molar-refractivity contribution is 7.09. The summed E-state index contributed by atoms with van der Waals surface area (Å²) in [6.07, 6.45) is 1.53. The van der Waals surface area contributed by atoms with E-state index >= 15 is 0 Å². The van der Waals surface area contributed by atoms with E-state index in [-0.39, 0.29) is 24.3 Å². The summed E-state index contributed by atoms with van der Waals surface area (Å²) in [4.78, 5) is 29.9. The van der Waals surface area contributed by atoms with Gasteiger partial charge in [-0.15, -0.1) is 11.3 Å². The maximum absolute atomic E-state index is 12.2. The topological polar surface area (TPSA) is 62.3 Å². The highest BCUT2D eigenvalue weighted by Crippen LogP contribution is 2.21. The van der Waals surface area contributed by atoms with Gasteiger partial charge in [-0.25, -0.2) is 4.98 Å². The second-order valence-corrected chi connectivity index (χ2v) is 6.07. The molecule has 1 aromatic heterocycles. The third-order valence-electron chi connectivity index (χ3n) is 3.43. The molecule has 2 amide bonds. The van der Waals surface area contributed by atoms with E-state index in [2.05, 4.69) is 10.3 Å².